The van der Waals surface area contributed by atoms with Crippen LogP contribution in [0.25, 0.3) is 64.7 Å². The van der Waals surface area contributed by atoms with Crippen LogP contribution in [-0.4, -0.2) is 6.71 Å². The first-order valence-electron chi connectivity index (χ1n) is 25.7. The highest BCUT2D eigenvalue weighted by Crippen LogP contribution is 2.51. The normalized spacial score (nSPS) is 13.5. The van der Waals surface area contributed by atoms with Gasteiger partial charge in [0.1, 0.15) is 0 Å². The Hall–Kier alpha value is -7.40. The summed E-state index contributed by atoms with van der Waals surface area (Å²) in [6.07, 6.45) is 0. The van der Waals surface area contributed by atoms with E-state index in [0.29, 0.717) is 0 Å². The van der Waals surface area contributed by atoms with Gasteiger partial charge in [-0.15, -0.1) is 11.3 Å². The molecule has 350 valence electrons. The zero-order chi connectivity index (χ0) is 49.4. The number of hydrogen-bond donors (Lipinski definition) is 0. The number of nitrogens with zero attached hydrogens (tertiary/aromatic N) is 2. The summed E-state index contributed by atoms with van der Waals surface area (Å²) in [5, 5.41) is 9.02. The Balaban J connectivity index is 1.11. The van der Waals surface area contributed by atoms with Gasteiger partial charge in [0, 0.05) is 43.2 Å². The summed E-state index contributed by atoms with van der Waals surface area (Å²) in [5.41, 5.74) is 18.9. The number of rotatable bonds is 4. The molecular weight excluding hydrogens is 888 g/mol. The van der Waals surface area contributed by atoms with Crippen molar-refractivity contribution in [1.82, 2.24) is 0 Å². The smallest absolute Gasteiger partial charge is 0.264 e. The summed E-state index contributed by atoms with van der Waals surface area (Å²) in [6.45, 7) is 20.9. The van der Waals surface area contributed by atoms with E-state index < -0.39 is 0 Å². The molecule has 0 atom stereocenters. The zero-order valence-electron chi connectivity index (χ0n) is 42.9. The number of fused-ring (bicyclic) bond motifs is 12. The molecule has 11 aromatic rings. The van der Waals surface area contributed by atoms with E-state index in [9.17, 15) is 0 Å². The third-order valence-electron chi connectivity index (χ3n) is 15.7. The van der Waals surface area contributed by atoms with Crippen molar-refractivity contribution in [2.75, 3.05) is 9.80 Å². The van der Waals surface area contributed by atoms with Crippen LogP contribution in [-0.2, 0) is 16.2 Å². The topological polar surface area (TPSA) is 6.48 Å². The summed E-state index contributed by atoms with van der Waals surface area (Å²) >= 11 is 1.98. The van der Waals surface area contributed by atoms with Gasteiger partial charge in [-0.3, -0.25) is 0 Å². The highest BCUT2D eigenvalue weighted by Gasteiger charge is 2.46. The molecule has 0 aliphatic carbocycles. The number of para-hydroxylation sites is 1. The van der Waals surface area contributed by atoms with Crippen LogP contribution in [0.2, 0.25) is 0 Å². The van der Waals surface area contributed by atoms with E-state index in [2.05, 4.69) is 266 Å². The Labute approximate surface area is 429 Å². The Morgan fingerprint density at radius 2 is 0.889 bits per heavy atom. The van der Waals surface area contributed by atoms with E-state index in [4.69, 9.17) is 0 Å². The van der Waals surface area contributed by atoms with E-state index in [1.54, 1.807) is 0 Å². The maximum Gasteiger partial charge on any atom is 0.264 e. The molecule has 0 saturated heterocycles. The molecule has 0 unspecified atom stereocenters. The van der Waals surface area contributed by atoms with Crippen molar-refractivity contribution in [2.45, 2.75) is 78.6 Å². The van der Waals surface area contributed by atoms with Gasteiger partial charge in [-0.25, -0.2) is 0 Å². The van der Waals surface area contributed by atoms with Crippen LogP contribution in [0, 0.1) is 0 Å². The fourth-order valence-corrected chi connectivity index (χ4v) is 13.1. The predicted octanol–water partition coefficient (Wildman–Crippen LogP) is 17.7. The van der Waals surface area contributed by atoms with Gasteiger partial charge in [0.25, 0.3) is 6.71 Å². The van der Waals surface area contributed by atoms with Crippen molar-refractivity contribution in [3.8, 4) is 22.3 Å². The third-order valence-corrected chi connectivity index (χ3v) is 16.9. The van der Waals surface area contributed by atoms with E-state index in [0.717, 1.165) is 5.69 Å². The lowest BCUT2D eigenvalue weighted by atomic mass is 9.36. The number of thiophene rings is 1. The minimum absolute atomic E-state index is 0.000639. The maximum absolute atomic E-state index is 2.67. The quantitative estimate of drug-likeness (QED) is 0.128. The highest BCUT2D eigenvalue weighted by atomic mass is 32.1. The number of hydrogen-bond acceptors (Lipinski definition) is 3. The molecule has 72 heavy (non-hydrogen) atoms. The van der Waals surface area contributed by atoms with Gasteiger partial charge in [-0.2, -0.15) is 0 Å². The number of benzene rings is 10. The van der Waals surface area contributed by atoms with Gasteiger partial charge in [-0.1, -0.05) is 196 Å². The lowest BCUT2D eigenvalue weighted by Crippen LogP contribution is -2.60. The molecule has 0 bridgehead atoms. The third kappa shape index (κ3) is 6.97. The molecular formula is C68H59BN2S. The first kappa shape index (κ1) is 44.5. The second-order valence-electron chi connectivity index (χ2n) is 23.4. The average molecular weight is 947 g/mol. The molecule has 0 fully saturated rings. The second kappa shape index (κ2) is 16.1. The van der Waals surface area contributed by atoms with Gasteiger partial charge < -0.3 is 9.80 Å². The fraction of sp³-hybridized carbons (Fsp3) is 0.176. The molecule has 2 aliphatic rings. The zero-order valence-corrected chi connectivity index (χ0v) is 43.7. The van der Waals surface area contributed by atoms with Crippen molar-refractivity contribution < 1.29 is 0 Å². The van der Waals surface area contributed by atoms with Crippen LogP contribution in [0.1, 0.15) is 79.0 Å². The Bertz CT molecular complexity index is 3960. The molecule has 1 aromatic heterocycles. The van der Waals surface area contributed by atoms with Crippen molar-refractivity contribution in [2.24, 2.45) is 0 Å². The van der Waals surface area contributed by atoms with Crippen molar-refractivity contribution >= 4 is 110 Å². The van der Waals surface area contributed by atoms with Gasteiger partial charge in [0.05, 0.1) is 11.4 Å². The van der Waals surface area contributed by atoms with Crippen LogP contribution >= 0.6 is 11.3 Å². The predicted molar refractivity (Wildman–Crippen MR) is 315 cm³/mol. The molecule has 13 rings (SSSR count). The van der Waals surface area contributed by atoms with Gasteiger partial charge in [-0.05, 0) is 154 Å². The monoisotopic (exact) mass is 946 g/mol. The highest BCUT2D eigenvalue weighted by molar-refractivity contribution is 7.33. The minimum atomic E-state index is -0.0710. The van der Waals surface area contributed by atoms with E-state index >= 15 is 0 Å². The first-order chi connectivity index (χ1) is 34.6. The summed E-state index contributed by atoms with van der Waals surface area (Å²) in [6, 6.07) is 74.3. The molecule has 0 N–H and O–H groups in total. The van der Waals surface area contributed by atoms with E-state index in [1.807, 2.05) is 11.3 Å². The van der Waals surface area contributed by atoms with E-state index in [-0.39, 0.29) is 23.0 Å². The van der Waals surface area contributed by atoms with Crippen LogP contribution in [0.5, 0.6) is 0 Å². The van der Waals surface area contributed by atoms with Crippen LogP contribution in [0.4, 0.5) is 34.1 Å². The van der Waals surface area contributed by atoms with Crippen molar-refractivity contribution in [3.05, 3.63) is 211 Å². The lowest BCUT2D eigenvalue weighted by molar-refractivity contribution is 0.590. The molecule has 10 aromatic carbocycles. The maximum atomic E-state index is 2.67. The molecule has 0 saturated carbocycles. The minimum Gasteiger partial charge on any atom is -0.311 e. The summed E-state index contributed by atoms with van der Waals surface area (Å²) in [4.78, 5) is 5.19. The molecule has 2 aliphatic heterocycles. The summed E-state index contributed by atoms with van der Waals surface area (Å²) < 4.78 is 2.69. The van der Waals surface area contributed by atoms with Gasteiger partial charge in [0.15, 0.2) is 0 Å². The molecule has 4 heteroatoms. The molecule has 2 nitrogen and oxygen atoms in total. The largest absolute Gasteiger partial charge is 0.311 e. The Morgan fingerprint density at radius 1 is 0.361 bits per heavy atom. The Morgan fingerprint density at radius 3 is 1.54 bits per heavy atom. The molecule has 0 amide bonds. The standard InChI is InChI=1S/C68H59BN2S/c1-66(2,3)45-30-26-42(27-31-45)43-29-35-59-57(39-43)69-63-60(70(59)48-18-11-10-12-19-48)24-17-25-61(63)71(64-56-41-47(68(7,8)9)33-37-62(56)72-65(64)69)58-36-32-46(67(4,5)6)40-54(58)44-28-34-53-51-22-14-13-20-49(51)50-21-15-16-23-52(50)55(53)38-44/h10-41H,1-9H3. The lowest BCUT2D eigenvalue weighted by Gasteiger charge is -2.43. The number of anilines is 6. The second-order valence-corrected chi connectivity index (χ2v) is 24.4. The molecule has 0 radical (unpaired) electrons. The summed E-state index contributed by atoms with van der Waals surface area (Å²) in [7, 11) is 0. The van der Waals surface area contributed by atoms with Crippen LogP contribution < -0.4 is 25.5 Å². The van der Waals surface area contributed by atoms with Gasteiger partial charge >= 0.3 is 0 Å². The SMILES string of the molecule is CC(C)(C)c1ccc(-c2ccc3c(c2)B2c4sc5ccc(C(C)(C)C)cc5c4N(c4ccc(C(C)(C)C)cc4-c4ccc5c6ccccc6c6ccccc6c5c4)c4cccc(c42)N3c2ccccc2)cc1. The first-order valence-corrected chi connectivity index (χ1v) is 26.5. The molecule has 0 spiro atoms. The van der Waals surface area contributed by atoms with Gasteiger partial charge in [0.2, 0.25) is 0 Å². The van der Waals surface area contributed by atoms with Crippen LogP contribution in [0.3, 0.4) is 0 Å². The Kier molecular flexibility index (Phi) is 9.93. The summed E-state index contributed by atoms with van der Waals surface area (Å²) in [5.74, 6) is 0. The van der Waals surface area contributed by atoms with Crippen molar-refractivity contribution in [3.63, 3.8) is 0 Å². The fourth-order valence-electron chi connectivity index (χ4n) is 11.8. The van der Waals surface area contributed by atoms with Crippen LogP contribution in [0.15, 0.2) is 194 Å². The van der Waals surface area contributed by atoms with Crippen molar-refractivity contribution in [1.29, 1.82) is 0 Å². The average Bonchev–Trinajstić information content (AvgIpc) is 3.76. The van der Waals surface area contributed by atoms with E-state index in [1.165, 1.54) is 125 Å². The molecule has 3 heterocycles.